The van der Waals surface area contributed by atoms with Crippen molar-refractivity contribution in [2.24, 2.45) is 0 Å². The Kier molecular flexibility index (Phi) is 11.6. The minimum atomic E-state index is -0.866. The second-order valence-electron chi connectivity index (χ2n) is 11.8. The van der Waals surface area contributed by atoms with Crippen LogP contribution >= 0.6 is 11.8 Å². The summed E-state index contributed by atoms with van der Waals surface area (Å²) in [5.41, 5.74) is 5.85. The number of thioether (sulfide) groups is 1. The number of benzene rings is 4. The molecule has 3 unspecified atom stereocenters. The number of nitrogens with zero attached hydrogens (tertiary/aromatic N) is 1. The first-order valence-corrected chi connectivity index (χ1v) is 17.3. The van der Waals surface area contributed by atoms with Crippen LogP contribution in [-0.4, -0.2) is 38.9 Å². The van der Waals surface area contributed by atoms with Crippen LogP contribution in [-0.2, 0) is 25.7 Å². The van der Waals surface area contributed by atoms with E-state index in [1.165, 1.54) is 11.8 Å². The fourth-order valence-corrected chi connectivity index (χ4v) is 6.52. The van der Waals surface area contributed by atoms with Gasteiger partial charge in [0.15, 0.2) is 12.1 Å². The van der Waals surface area contributed by atoms with E-state index in [0.29, 0.717) is 41.7 Å². The van der Waals surface area contributed by atoms with E-state index < -0.39 is 12.3 Å². The van der Waals surface area contributed by atoms with Gasteiger partial charge in [-0.2, -0.15) is 0 Å². The summed E-state index contributed by atoms with van der Waals surface area (Å²) in [6, 6.07) is 35.0. The van der Waals surface area contributed by atoms with Gasteiger partial charge in [0, 0.05) is 47.4 Å². The second kappa shape index (κ2) is 16.6. The van der Waals surface area contributed by atoms with Crippen LogP contribution in [0.25, 0.3) is 22.6 Å². The number of carboxylic acids is 1. The number of amides is 1. The number of rotatable bonds is 14. The van der Waals surface area contributed by atoms with Crippen molar-refractivity contribution in [2.45, 2.75) is 62.4 Å². The van der Waals surface area contributed by atoms with Crippen LogP contribution in [0.5, 0.6) is 0 Å². The standard InChI is InChI=1S/C39H38N2O7S/c42-24-26-18-20-27(21-19-26)33-23-32(46-38(47-33)30-14-9-15-31(22-30)40-34(43)16-7-8-17-35(44)45)25-49-39-41-36(28-10-3-1-4-11-28)37(48-39)29-12-5-2-6-13-29/h1-6,9-15,18-22,32-33,38,42H,7-8,16-17,23-25H2,(H,40,43)(H,44,45). The molecule has 1 aliphatic rings. The molecule has 9 nitrogen and oxygen atoms in total. The van der Waals surface area contributed by atoms with E-state index in [1.807, 2.05) is 103 Å². The number of aliphatic hydroxyl groups is 1. The molecule has 6 rings (SSSR count). The van der Waals surface area contributed by atoms with E-state index in [4.69, 9.17) is 24.0 Å². The molecule has 3 atom stereocenters. The lowest BCUT2D eigenvalue weighted by atomic mass is 10.0. The highest BCUT2D eigenvalue weighted by molar-refractivity contribution is 7.99. The second-order valence-corrected chi connectivity index (χ2v) is 12.8. The molecule has 0 spiro atoms. The summed E-state index contributed by atoms with van der Waals surface area (Å²) in [5, 5.41) is 21.9. The molecule has 49 heavy (non-hydrogen) atoms. The van der Waals surface area contributed by atoms with Gasteiger partial charge in [-0.1, -0.05) is 109 Å². The number of carbonyl (C=O) groups is 2. The predicted molar refractivity (Wildman–Crippen MR) is 188 cm³/mol. The summed E-state index contributed by atoms with van der Waals surface area (Å²) in [5.74, 6) is 0.220. The molecule has 3 N–H and O–H groups in total. The Hall–Kier alpha value is -4.74. The van der Waals surface area contributed by atoms with Crippen LogP contribution in [0.2, 0.25) is 0 Å². The zero-order valence-electron chi connectivity index (χ0n) is 26.9. The molecule has 10 heteroatoms. The van der Waals surface area contributed by atoms with Gasteiger partial charge in [-0.3, -0.25) is 9.59 Å². The van der Waals surface area contributed by atoms with Gasteiger partial charge in [-0.25, -0.2) is 4.98 Å². The highest BCUT2D eigenvalue weighted by atomic mass is 32.2. The maximum Gasteiger partial charge on any atom is 0.303 e. The Morgan fingerprint density at radius 1 is 0.816 bits per heavy atom. The van der Waals surface area contributed by atoms with Crippen LogP contribution < -0.4 is 5.32 Å². The number of unbranched alkanes of at least 4 members (excludes halogenated alkanes) is 1. The van der Waals surface area contributed by atoms with Crippen molar-refractivity contribution < 1.29 is 33.7 Å². The smallest absolute Gasteiger partial charge is 0.303 e. The average Bonchev–Trinajstić information content (AvgIpc) is 3.58. The van der Waals surface area contributed by atoms with Gasteiger partial charge in [0.1, 0.15) is 5.69 Å². The number of hydrogen-bond donors (Lipinski definition) is 3. The maximum atomic E-state index is 12.6. The lowest BCUT2D eigenvalue weighted by molar-refractivity contribution is -0.245. The van der Waals surface area contributed by atoms with E-state index in [-0.39, 0.29) is 37.6 Å². The SMILES string of the molecule is O=C(O)CCCCC(=O)Nc1cccc(C2OC(CSc3nc(-c4ccccc4)c(-c4ccccc4)o3)CC(c3ccc(CO)cc3)O2)c1. The fraction of sp³-hybridized carbons (Fsp3) is 0.256. The summed E-state index contributed by atoms with van der Waals surface area (Å²) in [7, 11) is 0. The summed E-state index contributed by atoms with van der Waals surface area (Å²) in [4.78, 5) is 28.2. The van der Waals surface area contributed by atoms with Crippen LogP contribution in [0, 0.1) is 0 Å². The Labute approximate surface area is 289 Å². The molecule has 4 aromatic carbocycles. The molecule has 2 heterocycles. The molecule has 1 fully saturated rings. The quantitative estimate of drug-likeness (QED) is 0.0782. The van der Waals surface area contributed by atoms with Gasteiger partial charge < -0.3 is 29.4 Å². The molecule has 252 valence electrons. The summed E-state index contributed by atoms with van der Waals surface area (Å²) in [6.45, 7) is -0.0407. The molecular formula is C39H38N2O7S. The number of nitrogens with one attached hydrogen (secondary N) is 1. The molecule has 0 aliphatic carbocycles. The Morgan fingerprint density at radius 2 is 1.53 bits per heavy atom. The van der Waals surface area contributed by atoms with Gasteiger partial charge in [-0.15, -0.1) is 0 Å². The van der Waals surface area contributed by atoms with Gasteiger partial charge in [0.2, 0.25) is 5.91 Å². The Balaban J connectivity index is 1.20. The number of oxazole rings is 1. The Morgan fingerprint density at radius 3 is 2.24 bits per heavy atom. The van der Waals surface area contributed by atoms with Crippen molar-refractivity contribution in [3.8, 4) is 22.6 Å². The number of carboxylic acid groups (broad SMARTS) is 1. The number of hydrogen-bond acceptors (Lipinski definition) is 8. The normalized spacial score (nSPS) is 17.4. The van der Waals surface area contributed by atoms with Crippen LogP contribution in [0.4, 0.5) is 5.69 Å². The van der Waals surface area contributed by atoms with Gasteiger partial charge in [0.25, 0.3) is 5.22 Å². The van der Waals surface area contributed by atoms with Crippen molar-refractivity contribution in [2.75, 3.05) is 11.1 Å². The van der Waals surface area contributed by atoms with E-state index in [2.05, 4.69) is 5.32 Å². The van der Waals surface area contributed by atoms with Gasteiger partial charge in [-0.05, 0) is 36.1 Å². The number of aliphatic hydroxyl groups excluding tert-OH is 1. The molecule has 0 saturated carbocycles. The molecule has 5 aromatic rings. The van der Waals surface area contributed by atoms with Gasteiger partial charge >= 0.3 is 5.97 Å². The fourth-order valence-electron chi connectivity index (χ4n) is 5.67. The van der Waals surface area contributed by atoms with Gasteiger partial charge in [0.05, 0.1) is 18.8 Å². The summed E-state index contributed by atoms with van der Waals surface area (Å²) in [6.07, 6.45) is 0.582. The third kappa shape index (κ3) is 9.24. The molecule has 0 radical (unpaired) electrons. The number of carbonyl (C=O) groups excluding carboxylic acids is 1. The molecule has 1 amide bonds. The zero-order chi connectivity index (χ0) is 34.0. The largest absolute Gasteiger partial charge is 0.481 e. The number of ether oxygens (including phenoxy) is 2. The first-order chi connectivity index (χ1) is 23.9. The topological polar surface area (TPSA) is 131 Å². The molecule has 1 aromatic heterocycles. The van der Waals surface area contributed by atoms with Crippen LogP contribution in [0.15, 0.2) is 119 Å². The minimum absolute atomic E-state index is 0.0407. The predicted octanol–water partition coefficient (Wildman–Crippen LogP) is 8.42. The third-order valence-electron chi connectivity index (χ3n) is 8.19. The van der Waals surface area contributed by atoms with E-state index in [1.54, 1.807) is 6.07 Å². The lowest BCUT2D eigenvalue weighted by Gasteiger charge is -2.36. The zero-order valence-corrected chi connectivity index (χ0v) is 27.7. The van der Waals surface area contributed by atoms with Crippen molar-refractivity contribution in [1.29, 1.82) is 0 Å². The first kappa shape index (κ1) is 34.1. The minimum Gasteiger partial charge on any atom is -0.481 e. The molecule has 1 saturated heterocycles. The average molecular weight is 679 g/mol. The number of aromatic nitrogens is 1. The number of aliphatic carboxylic acids is 1. The first-order valence-electron chi connectivity index (χ1n) is 16.3. The number of anilines is 1. The maximum absolute atomic E-state index is 12.6. The summed E-state index contributed by atoms with van der Waals surface area (Å²) < 4.78 is 19.4. The molecule has 0 bridgehead atoms. The van der Waals surface area contributed by atoms with Crippen LogP contribution in [0.1, 0.15) is 61.2 Å². The van der Waals surface area contributed by atoms with E-state index >= 15 is 0 Å². The monoisotopic (exact) mass is 678 g/mol. The van der Waals surface area contributed by atoms with Crippen molar-refractivity contribution >= 4 is 29.3 Å². The Bertz CT molecular complexity index is 1770. The summed E-state index contributed by atoms with van der Waals surface area (Å²) >= 11 is 1.49. The lowest BCUT2D eigenvalue weighted by Crippen LogP contribution is -2.31. The third-order valence-corrected chi connectivity index (χ3v) is 9.15. The van der Waals surface area contributed by atoms with Crippen molar-refractivity contribution in [3.05, 3.63) is 126 Å². The van der Waals surface area contributed by atoms with Crippen molar-refractivity contribution in [1.82, 2.24) is 4.98 Å². The molecule has 1 aliphatic heterocycles. The van der Waals surface area contributed by atoms with E-state index in [9.17, 15) is 14.7 Å². The highest BCUT2D eigenvalue weighted by Crippen LogP contribution is 2.41. The van der Waals surface area contributed by atoms with Crippen LogP contribution in [0.3, 0.4) is 0 Å². The van der Waals surface area contributed by atoms with E-state index in [0.717, 1.165) is 33.5 Å². The highest BCUT2D eigenvalue weighted by Gasteiger charge is 2.33. The van der Waals surface area contributed by atoms with Crippen molar-refractivity contribution in [3.63, 3.8) is 0 Å². The molecular weight excluding hydrogens is 641 g/mol.